The Morgan fingerprint density at radius 2 is 1.84 bits per heavy atom. The van der Waals surface area contributed by atoms with E-state index in [1.807, 2.05) is 75.2 Å². The fourth-order valence-corrected chi connectivity index (χ4v) is 7.68. The molecule has 0 saturated heterocycles. The van der Waals surface area contributed by atoms with Crippen LogP contribution in [0.5, 0.6) is 5.75 Å². The highest BCUT2D eigenvalue weighted by Crippen LogP contribution is 2.34. The van der Waals surface area contributed by atoms with Gasteiger partial charge >= 0.3 is 5.97 Å². The van der Waals surface area contributed by atoms with Crippen molar-refractivity contribution in [3.63, 3.8) is 0 Å². The van der Waals surface area contributed by atoms with E-state index in [0.717, 1.165) is 28.6 Å². The predicted molar refractivity (Wildman–Crippen MR) is 212 cm³/mol. The lowest BCUT2D eigenvalue weighted by molar-refractivity contribution is -0.883. The Morgan fingerprint density at radius 1 is 1.04 bits per heavy atom. The average molecular weight is 789 g/mol. The SMILES string of the molecule is Cc1cc(N(CCCCC[N+](C)(C)CC(=O)O)c2nc(C(=O)[O-])c(CCCOc3ccc(C#CCN(C)C)cc3F)s2)nnc1Nc1nc2ccccc2s1. The van der Waals surface area contributed by atoms with Crippen molar-refractivity contribution in [2.24, 2.45) is 0 Å². The van der Waals surface area contributed by atoms with E-state index in [-0.39, 0.29) is 24.6 Å². The van der Waals surface area contributed by atoms with E-state index < -0.39 is 17.8 Å². The number of hydrogen-bond acceptors (Lipinski definition) is 13. The molecule has 55 heavy (non-hydrogen) atoms. The molecule has 0 atom stereocenters. The van der Waals surface area contributed by atoms with Crippen molar-refractivity contribution in [2.75, 3.05) is 71.2 Å². The number of thiazole rings is 2. The number of anilines is 4. The van der Waals surface area contributed by atoms with Gasteiger partial charge in [-0.15, -0.1) is 21.5 Å². The Labute approximate surface area is 328 Å². The van der Waals surface area contributed by atoms with Crippen molar-refractivity contribution in [1.82, 2.24) is 25.1 Å². The van der Waals surface area contributed by atoms with Gasteiger partial charge in [-0.2, -0.15) is 0 Å². The lowest BCUT2D eigenvalue weighted by Crippen LogP contribution is -2.44. The van der Waals surface area contributed by atoms with Crippen LogP contribution in [0.3, 0.4) is 0 Å². The Morgan fingerprint density at radius 3 is 2.55 bits per heavy atom. The molecule has 0 saturated carbocycles. The fourth-order valence-electron chi connectivity index (χ4n) is 5.69. The molecule has 0 fully saturated rings. The topological polar surface area (TPSA) is 157 Å². The number of aromatic carboxylic acids is 1. The number of aryl methyl sites for hydroxylation is 2. The molecular weight excluding hydrogens is 744 g/mol. The van der Waals surface area contributed by atoms with Crippen LogP contribution in [0.2, 0.25) is 0 Å². The van der Waals surface area contributed by atoms with Gasteiger partial charge in [-0.25, -0.2) is 19.2 Å². The highest BCUT2D eigenvalue weighted by Gasteiger charge is 2.22. The molecule has 0 aliphatic rings. The largest absolute Gasteiger partial charge is 0.543 e. The molecule has 5 aromatic rings. The third-order valence-corrected chi connectivity index (χ3v) is 10.5. The van der Waals surface area contributed by atoms with Gasteiger partial charge in [0.1, 0.15) is 5.69 Å². The van der Waals surface area contributed by atoms with Crippen molar-refractivity contribution >= 4 is 66.7 Å². The first-order chi connectivity index (χ1) is 26.3. The van der Waals surface area contributed by atoms with Gasteiger partial charge in [-0.3, -0.25) is 4.90 Å². The minimum atomic E-state index is -1.40. The molecule has 290 valence electrons. The Balaban J connectivity index is 1.30. The van der Waals surface area contributed by atoms with Gasteiger partial charge < -0.3 is 34.4 Å². The number of ether oxygens (including phenoxy) is 1. The smallest absolute Gasteiger partial charge is 0.359 e. The number of benzene rings is 2. The monoisotopic (exact) mass is 788 g/mol. The second-order valence-corrected chi connectivity index (χ2v) is 16.1. The molecule has 3 heterocycles. The number of carbonyl (C=O) groups excluding carboxylic acids is 1. The minimum absolute atomic E-state index is 0.0328. The summed E-state index contributed by atoms with van der Waals surface area (Å²) in [4.78, 5) is 37.0. The van der Waals surface area contributed by atoms with E-state index in [2.05, 4.69) is 37.3 Å². The number of quaternary nitrogens is 1. The molecule has 0 radical (unpaired) electrons. The number of carboxylic acids is 2. The maximum atomic E-state index is 14.7. The van der Waals surface area contributed by atoms with E-state index in [4.69, 9.17) is 4.74 Å². The summed E-state index contributed by atoms with van der Waals surface area (Å²) in [6, 6.07) is 14.3. The summed E-state index contributed by atoms with van der Waals surface area (Å²) < 4.78 is 21.8. The molecule has 16 heteroatoms. The summed E-state index contributed by atoms with van der Waals surface area (Å²) in [5, 5.41) is 34.9. The first kappa shape index (κ1) is 41.0. The maximum absolute atomic E-state index is 14.7. The number of rotatable bonds is 19. The van der Waals surface area contributed by atoms with Crippen LogP contribution in [0, 0.1) is 24.6 Å². The van der Waals surface area contributed by atoms with Crippen molar-refractivity contribution in [1.29, 1.82) is 0 Å². The van der Waals surface area contributed by atoms with E-state index in [1.54, 1.807) is 12.1 Å². The van der Waals surface area contributed by atoms with Crippen LogP contribution in [0.15, 0.2) is 48.5 Å². The predicted octanol–water partition coefficient (Wildman–Crippen LogP) is 5.49. The molecule has 0 aliphatic heterocycles. The van der Waals surface area contributed by atoms with Crippen LogP contribution in [-0.4, -0.2) is 108 Å². The molecule has 0 amide bonds. The lowest BCUT2D eigenvalue weighted by atomic mass is 10.2. The maximum Gasteiger partial charge on any atom is 0.359 e. The van der Waals surface area contributed by atoms with Gasteiger partial charge in [-0.05, 0) is 95.1 Å². The second kappa shape index (κ2) is 18.9. The summed E-state index contributed by atoms with van der Waals surface area (Å²) in [5.41, 5.74) is 2.07. The third-order valence-electron chi connectivity index (χ3n) is 8.45. The number of halogens is 1. The number of unbranched alkanes of at least 4 members (excludes halogenated alkanes) is 2. The lowest BCUT2D eigenvalue weighted by Gasteiger charge is -2.28. The number of carbonyl (C=O) groups is 2. The first-order valence-corrected chi connectivity index (χ1v) is 19.5. The molecule has 3 aromatic heterocycles. The van der Waals surface area contributed by atoms with Crippen LogP contribution < -0.4 is 20.1 Å². The van der Waals surface area contributed by atoms with Crippen LogP contribution in [0.25, 0.3) is 10.2 Å². The summed E-state index contributed by atoms with van der Waals surface area (Å²) in [6.07, 6.45) is 3.02. The number of carboxylic acid groups (broad SMARTS) is 2. The molecule has 13 nitrogen and oxygen atoms in total. The highest BCUT2D eigenvalue weighted by molar-refractivity contribution is 7.22. The average Bonchev–Trinajstić information content (AvgIpc) is 3.73. The molecular formula is C39H45FN8O5S2. The zero-order valence-electron chi connectivity index (χ0n) is 31.6. The number of aromatic nitrogens is 4. The zero-order valence-corrected chi connectivity index (χ0v) is 33.2. The Bertz CT molecular complexity index is 2150. The molecule has 0 bridgehead atoms. The van der Waals surface area contributed by atoms with Crippen molar-refractivity contribution in [3.05, 3.63) is 76.0 Å². The number of nitrogens with one attached hydrogen (secondary N) is 1. The summed E-state index contributed by atoms with van der Waals surface area (Å²) in [5.74, 6) is 4.27. The molecule has 0 aliphatic carbocycles. The van der Waals surface area contributed by atoms with Crippen LogP contribution in [0.1, 0.15) is 52.2 Å². The Hall–Kier alpha value is -5.21. The van der Waals surface area contributed by atoms with Crippen molar-refractivity contribution < 1.29 is 33.4 Å². The van der Waals surface area contributed by atoms with Crippen molar-refractivity contribution in [2.45, 2.75) is 39.0 Å². The van der Waals surface area contributed by atoms with Gasteiger partial charge in [-0.1, -0.05) is 35.3 Å². The summed E-state index contributed by atoms with van der Waals surface area (Å²) in [6.45, 7) is 3.80. The van der Waals surface area contributed by atoms with Gasteiger partial charge in [0.15, 0.2) is 40.0 Å². The first-order valence-electron chi connectivity index (χ1n) is 17.8. The quantitative estimate of drug-likeness (QED) is 0.0617. The van der Waals surface area contributed by atoms with Gasteiger partial charge in [0.2, 0.25) is 0 Å². The number of hydrogen-bond donors (Lipinski definition) is 2. The normalized spacial score (nSPS) is 11.4. The highest BCUT2D eigenvalue weighted by atomic mass is 32.1. The number of para-hydroxylation sites is 1. The number of likely N-dealkylation sites (N-methyl/N-ethyl adjacent to an activating group) is 1. The second-order valence-electron chi connectivity index (χ2n) is 14.0. The fraction of sp³-hybridized carbons (Fsp3) is 0.385. The number of fused-ring (bicyclic) bond motifs is 1. The molecule has 2 aromatic carbocycles. The zero-order chi connectivity index (χ0) is 39.5. The number of aliphatic carboxylic acids is 1. The van der Waals surface area contributed by atoms with Gasteiger partial charge in [0, 0.05) is 17.0 Å². The third kappa shape index (κ3) is 11.9. The van der Waals surface area contributed by atoms with Crippen LogP contribution in [0.4, 0.5) is 26.3 Å². The molecule has 0 unspecified atom stereocenters. The summed E-state index contributed by atoms with van der Waals surface area (Å²) >= 11 is 2.74. The van der Waals surface area contributed by atoms with E-state index in [9.17, 15) is 24.2 Å². The Kier molecular flexibility index (Phi) is 14.1. The van der Waals surface area contributed by atoms with Crippen molar-refractivity contribution in [3.8, 4) is 17.6 Å². The van der Waals surface area contributed by atoms with Crippen LogP contribution >= 0.6 is 22.7 Å². The van der Waals surface area contributed by atoms with Gasteiger partial charge in [0.25, 0.3) is 0 Å². The van der Waals surface area contributed by atoms with E-state index in [1.165, 1.54) is 28.7 Å². The van der Waals surface area contributed by atoms with Gasteiger partial charge in [0.05, 0.1) is 50.0 Å². The molecule has 0 spiro atoms. The summed E-state index contributed by atoms with van der Waals surface area (Å²) in [7, 11) is 7.59. The standard InChI is InChI=1S/C39H45FN8O5S2/c1-26-23-33(44-45-36(26)43-38-41-29-14-7-8-15-31(29)54-38)47(20-9-6-10-21-48(4,5)25-34(49)50)39-42-35(37(51)52)32(55-39)16-12-22-53-30-18-17-27(24-28(30)40)13-11-19-46(2)3/h7-8,14-15,17-18,23-24H,6,9-10,12,16,19-22,25H2,1-5H3,(H2-,41,43,45,49,50,51,52). The van der Waals surface area contributed by atoms with E-state index >= 15 is 0 Å². The van der Waals surface area contributed by atoms with E-state index in [0.29, 0.717) is 75.7 Å². The number of nitrogens with zero attached hydrogens (tertiary/aromatic N) is 7. The van der Waals surface area contributed by atoms with Crippen LogP contribution in [-0.2, 0) is 11.2 Å². The minimum Gasteiger partial charge on any atom is -0.543 e. The molecule has 2 N–H and O–H groups in total. The molecule has 5 rings (SSSR count).